The maximum Gasteiger partial charge on any atom is 0.339 e. The lowest BCUT2D eigenvalue weighted by Gasteiger charge is -2.28. The monoisotopic (exact) mass is 412 g/mol. The molecule has 2 saturated carbocycles. The van der Waals surface area contributed by atoms with Crippen molar-refractivity contribution in [3.8, 4) is 0 Å². The second kappa shape index (κ2) is 13.3. The van der Waals surface area contributed by atoms with E-state index in [0.29, 0.717) is 12.3 Å². The SMILES string of the molecule is C.F.NC(CC1CCC1)C(O)C(=O)O.O=C(O)C(O)C(CC1CCC1)[N+](=O)[O-]. The normalized spacial score (nSPS) is 20.2. The highest BCUT2D eigenvalue weighted by Gasteiger charge is 2.38. The Kier molecular flexibility index (Phi) is 13.5. The Morgan fingerprint density at radius 1 is 0.964 bits per heavy atom. The summed E-state index contributed by atoms with van der Waals surface area (Å²) in [5, 5.41) is 45.5. The number of carboxylic acids is 2. The summed E-state index contributed by atoms with van der Waals surface area (Å²) in [5.74, 6) is -2.00. The summed E-state index contributed by atoms with van der Waals surface area (Å²) in [6.07, 6.45) is 3.82. The van der Waals surface area contributed by atoms with Gasteiger partial charge in [-0.25, -0.2) is 9.59 Å². The van der Waals surface area contributed by atoms with E-state index in [-0.39, 0.29) is 24.5 Å². The molecule has 4 unspecified atom stereocenters. The van der Waals surface area contributed by atoms with Crippen molar-refractivity contribution in [1.29, 1.82) is 0 Å². The Balaban J connectivity index is 0. The minimum Gasteiger partial charge on any atom is -0.479 e. The number of aliphatic hydroxyl groups excluding tert-OH is 2. The molecule has 0 aromatic carbocycles. The van der Waals surface area contributed by atoms with Crippen molar-refractivity contribution >= 4 is 11.9 Å². The average molecular weight is 412 g/mol. The number of nitrogens with zero attached hydrogens (tertiary/aromatic N) is 1. The zero-order chi connectivity index (χ0) is 19.9. The minimum absolute atomic E-state index is 0. The van der Waals surface area contributed by atoms with Crippen LogP contribution in [0.4, 0.5) is 4.70 Å². The lowest BCUT2D eigenvalue weighted by Crippen LogP contribution is -2.42. The van der Waals surface area contributed by atoms with Crippen LogP contribution in [0.25, 0.3) is 0 Å². The van der Waals surface area contributed by atoms with Crippen molar-refractivity contribution < 1.29 is 39.6 Å². The van der Waals surface area contributed by atoms with Gasteiger partial charge in [-0.3, -0.25) is 14.8 Å². The standard InChI is InChI=1S/C8H13NO5.C8H15NO3.CH4.FH/c10-7(8(11)12)6(9(13)14)4-5-2-1-3-5;9-6(7(10)8(11)12)4-5-2-1-3-5;;/h5-7,10H,1-4H2,(H,11,12);5-7,10H,1-4,9H2,(H,11,12);1H4;1H. The molecule has 2 rings (SSSR count). The number of aliphatic carboxylic acids is 2. The van der Waals surface area contributed by atoms with E-state index in [1.165, 1.54) is 6.42 Å². The molecule has 0 bridgehead atoms. The second-order valence-electron chi connectivity index (χ2n) is 7.15. The number of carboxylic acid groups (broad SMARTS) is 2. The Labute approximate surface area is 163 Å². The molecule has 11 heteroatoms. The number of nitrogens with two attached hydrogens (primary N) is 1. The van der Waals surface area contributed by atoms with Crippen molar-refractivity contribution in [3.05, 3.63) is 10.1 Å². The van der Waals surface area contributed by atoms with Crippen molar-refractivity contribution in [2.24, 2.45) is 17.6 Å². The van der Waals surface area contributed by atoms with E-state index in [0.717, 1.165) is 32.1 Å². The van der Waals surface area contributed by atoms with Gasteiger partial charge in [0.05, 0.1) is 0 Å². The number of halogens is 1. The van der Waals surface area contributed by atoms with Crippen LogP contribution in [0.3, 0.4) is 0 Å². The molecular formula is C17H33FN2O8. The van der Waals surface area contributed by atoms with Gasteiger partial charge in [-0.2, -0.15) is 0 Å². The summed E-state index contributed by atoms with van der Waals surface area (Å²) in [7, 11) is 0. The smallest absolute Gasteiger partial charge is 0.339 e. The third kappa shape index (κ3) is 8.89. The number of aliphatic hydroxyl groups is 2. The molecule has 2 aliphatic rings. The topological polar surface area (TPSA) is 184 Å². The predicted molar refractivity (Wildman–Crippen MR) is 99.2 cm³/mol. The molecule has 0 saturated heterocycles. The van der Waals surface area contributed by atoms with Crippen LogP contribution in [-0.2, 0) is 9.59 Å². The van der Waals surface area contributed by atoms with Gasteiger partial charge in [0.25, 0.3) is 0 Å². The molecule has 2 aliphatic carbocycles. The molecule has 0 aromatic rings. The van der Waals surface area contributed by atoms with Gasteiger partial charge in [0.15, 0.2) is 6.10 Å². The van der Waals surface area contributed by atoms with Gasteiger partial charge in [-0.1, -0.05) is 46.0 Å². The van der Waals surface area contributed by atoms with Crippen LogP contribution in [-0.4, -0.2) is 61.6 Å². The quantitative estimate of drug-likeness (QED) is 0.272. The Hall–Kier alpha value is -1.85. The van der Waals surface area contributed by atoms with E-state index in [1.807, 2.05) is 0 Å². The highest BCUT2D eigenvalue weighted by Crippen LogP contribution is 2.32. The molecule has 6 N–H and O–H groups in total. The molecule has 0 heterocycles. The van der Waals surface area contributed by atoms with Crippen LogP contribution >= 0.6 is 0 Å². The summed E-state index contributed by atoms with van der Waals surface area (Å²) >= 11 is 0. The van der Waals surface area contributed by atoms with Gasteiger partial charge in [0, 0.05) is 17.4 Å². The second-order valence-corrected chi connectivity index (χ2v) is 7.15. The molecule has 10 nitrogen and oxygen atoms in total. The Morgan fingerprint density at radius 2 is 1.36 bits per heavy atom. The third-order valence-electron chi connectivity index (χ3n) is 5.18. The van der Waals surface area contributed by atoms with Crippen LogP contribution in [0.1, 0.15) is 58.8 Å². The van der Waals surface area contributed by atoms with Gasteiger partial charge in [0.1, 0.15) is 0 Å². The number of nitro groups is 1. The first kappa shape index (κ1) is 28.4. The van der Waals surface area contributed by atoms with E-state index in [9.17, 15) is 19.7 Å². The van der Waals surface area contributed by atoms with E-state index in [2.05, 4.69) is 0 Å². The predicted octanol–water partition coefficient (Wildman–Crippen LogP) is 1.01. The maximum absolute atomic E-state index is 10.5. The maximum atomic E-state index is 10.5. The first-order chi connectivity index (χ1) is 12.1. The zero-order valence-corrected chi connectivity index (χ0v) is 15.0. The Bertz CT molecular complexity index is 500. The van der Waals surface area contributed by atoms with E-state index >= 15 is 0 Å². The number of carbonyl (C=O) groups is 2. The minimum atomic E-state index is -1.88. The van der Waals surface area contributed by atoms with Crippen molar-refractivity contribution in [2.45, 2.75) is 83.1 Å². The molecule has 0 spiro atoms. The van der Waals surface area contributed by atoms with Crippen molar-refractivity contribution in [1.82, 2.24) is 0 Å². The average Bonchev–Trinajstić information content (AvgIpc) is 2.48. The first-order valence-corrected chi connectivity index (χ1v) is 8.84. The zero-order valence-electron chi connectivity index (χ0n) is 15.0. The lowest BCUT2D eigenvalue weighted by atomic mass is 9.80. The highest BCUT2D eigenvalue weighted by molar-refractivity contribution is 5.73. The molecule has 0 radical (unpaired) electrons. The lowest BCUT2D eigenvalue weighted by molar-refractivity contribution is -0.534. The van der Waals surface area contributed by atoms with Gasteiger partial charge in [-0.15, -0.1) is 0 Å². The van der Waals surface area contributed by atoms with E-state index in [1.54, 1.807) is 0 Å². The number of rotatable bonds is 9. The fraction of sp³-hybridized carbons (Fsp3) is 0.882. The van der Waals surface area contributed by atoms with Gasteiger partial charge < -0.3 is 26.2 Å². The van der Waals surface area contributed by atoms with E-state index in [4.69, 9.17) is 26.2 Å². The van der Waals surface area contributed by atoms with Gasteiger partial charge in [0.2, 0.25) is 12.1 Å². The molecule has 166 valence electrons. The summed E-state index contributed by atoms with van der Waals surface area (Å²) < 4.78 is 0. The third-order valence-corrected chi connectivity index (χ3v) is 5.18. The van der Waals surface area contributed by atoms with Crippen LogP contribution in [0.5, 0.6) is 0 Å². The molecule has 28 heavy (non-hydrogen) atoms. The number of hydrogen-bond acceptors (Lipinski definition) is 7. The van der Waals surface area contributed by atoms with Crippen LogP contribution in [0.15, 0.2) is 0 Å². The molecule has 4 atom stereocenters. The van der Waals surface area contributed by atoms with Gasteiger partial charge >= 0.3 is 11.9 Å². The van der Waals surface area contributed by atoms with Crippen LogP contribution in [0.2, 0.25) is 0 Å². The number of hydrogen-bond donors (Lipinski definition) is 5. The molecular weight excluding hydrogens is 379 g/mol. The van der Waals surface area contributed by atoms with Crippen LogP contribution in [0, 0.1) is 22.0 Å². The summed E-state index contributed by atoms with van der Waals surface area (Å²) in [6, 6.07) is -1.97. The molecule has 0 aliphatic heterocycles. The van der Waals surface area contributed by atoms with Gasteiger partial charge in [-0.05, 0) is 18.3 Å². The summed E-state index contributed by atoms with van der Waals surface area (Å²) in [5.41, 5.74) is 5.50. The highest BCUT2D eigenvalue weighted by atomic mass is 19.0. The molecule has 0 amide bonds. The van der Waals surface area contributed by atoms with Crippen LogP contribution < -0.4 is 5.73 Å². The van der Waals surface area contributed by atoms with E-state index < -0.39 is 41.2 Å². The summed E-state index contributed by atoms with van der Waals surface area (Å²) in [6.45, 7) is 0. The molecule has 0 aromatic heterocycles. The largest absolute Gasteiger partial charge is 0.479 e. The Morgan fingerprint density at radius 3 is 1.64 bits per heavy atom. The van der Waals surface area contributed by atoms with Crippen molar-refractivity contribution in [3.63, 3.8) is 0 Å². The molecule has 2 fully saturated rings. The fourth-order valence-corrected chi connectivity index (χ4v) is 2.99. The first-order valence-electron chi connectivity index (χ1n) is 8.84. The van der Waals surface area contributed by atoms with Crippen molar-refractivity contribution in [2.75, 3.05) is 0 Å². The summed E-state index contributed by atoms with van der Waals surface area (Å²) in [4.78, 5) is 30.5. The fourth-order valence-electron chi connectivity index (χ4n) is 2.99.